The maximum absolute atomic E-state index is 11.9. The summed E-state index contributed by atoms with van der Waals surface area (Å²) in [6, 6.07) is 23.6. The zero-order valence-corrected chi connectivity index (χ0v) is 15.7. The molecule has 0 atom stereocenters. The first-order valence-corrected chi connectivity index (χ1v) is 9.09. The molecule has 6 nitrogen and oxygen atoms in total. The van der Waals surface area contributed by atoms with Crippen molar-refractivity contribution in [3.05, 3.63) is 101 Å². The lowest BCUT2D eigenvalue weighted by molar-refractivity contribution is 0.0691. The Morgan fingerprint density at radius 1 is 0.793 bits per heavy atom. The largest absolute Gasteiger partial charge is 0.488 e. The summed E-state index contributed by atoms with van der Waals surface area (Å²) in [6.45, 7) is 0.613. The lowest BCUT2D eigenvalue weighted by atomic mass is 10.1. The summed E-state index contributed by atoms with van der Waals surface area (Å²) in [5, 5.41) is 12.0. The van der Waals surface area contributed by atoms with E-state index in [0.717, 1.165) is 11.1 Å². The number of carboxylic acid groups (broad SMARTS) is 1. The standard InChI is InChI=1S/C23H21NO5/c25-22(26)20-12-11-19(13-21(20)28-15-17-7-3-1-4-8-17)14-24-23(27)29-16-18-9-5-2-6-10-18/h1-13H,14-16H2,(H,24,27)(H,25,26). The summed E-state index contributed by atoms with van der Waals surface area (Å²) in [7, 11) is 0. The molecule has 1 amide bonds. The summed E-state index contributed by atoms with van der Waals surface area (Å²) >= 11 is 0. The van der Waals surface area contributed by atoms with Gasteiger partial charge in [0.1, 0.15) is 24.5 Å². The van der Waals surface area contributed by atoms with E-state index in [1.54, 1.807) is 12.1 Å². The number of benzene rings is 3. The van der Waals surface area contributed by atoms with Gasteiger partial charge in [0, 0.05) is 6.54 Å². The van der Waals surface area contributed by atoms with Crippen molar-refractivity contribution in [3.63, 3.8) is 0 Å². The molecule has 29 heavy (non-hydrogen) atoms. The molecule has 3 rings (SSSR count). The monoisotopic (exact) mass is 391 g/mol. The lowest BCUT2D eigenvalue weighted by Crippen LogP contribution is -2.23. The number of aromatic carboxylic acids is 1. The first kappa shape index (κ1) is 19.9. The SMILES string of the molecule is O=C(NCc1ccc(C(=O)O)c(OCc2ccccc2)c1)OCc1ccccc1. The number of hydrogen-bond acceptors (Lipinski definition) is 4. The molecule has 0 saturated carbocycles. The van der Waals surface area contributed by atoms with Crippen LogP contribution >= 0.6 is 0 Å². The highest BCUT2D eigenvalue weighted by molar-refractivity contribution is 5.91. The van der Waals surface area contributed by atoms with Crippen molar-refractivity contribution >= 4 is 12.1 Å². The summed E-state index contributed by atoms with van der Waals surface area (Å²) < 4.78 is 10.9. The Morgan fingerprint density at radius 3 is 2.03 bits per heavy atom. The van der Waals surface area contributed by atoms with Crippen LogP contribution in [0.15, 0.2) is 78.9 Å². The molecular weight excluding hydrogens is 370 g/mol. The maximum atomic E-state index is 11.9. The summed E-state index contributed by atoms with van der Waals surface area (Å²) in [6.07, 6.45) is -0.553. The van der Waals surface area contributed by atoms with Gasteiger partial charge in [-0.3, -0.25) is 0 Å². The second kappa shape index (κ2) is 9.94. The lowest BCUT2D eigenvalue weighted by Gasteiger charge is -2.12. The summed E-state index contributed by atoms with van der Waals surface area (Å²) in [5.41, 5.74) is 2.59. The van der Waals surface area contributed by atoms with E-state index in [2.05, 4.69) is 5.32 Å². The Labute approximate surface area is 168 Å². The van der Waals surface area contributed by atoms with Crippen molar-refractivity contribution in [2.75, 3.05) is 0 Å². The fourth-order valence-corrected chi connectivity index (χ4v) is 2.66. The molecule has 0 unspecified atom stereocenters. The van der Waals surface area contributed by atoms with Crippen LogP contribution in [0.5, 0.6) is 5.75 Å². The quantitative estimate of drug-likeness (QED) is 0.595. The number of amides is 1. The third kappa shape index (κ3) is 6.10. The number of carbonyl (C=O) groups is 2. The zero-order valence-electron chi connectivity index (χ0n) is 15.7. The smallest absolute Gasteiger partial charge is 0.407 e. The number of ether oxygens (including phenoxy) is 2. The Bertz CT molecular complexity index is 958. The highest BCUT2D eigenvalue weighted by Gasteiger charge is 2.13. The van der Waals surface area contributed by atoms with Crippen LogP contribution in [0.3, 0.4) is 0 Å². The Kier molecular flexibility index (Phi) is 6.84. The van der Waals surface area contributed by atoms with Crippen LogP contribution in [0, 0.1) is 0 Å². The number of alkyl carbamates (subject to hydrolysis) is 1. The Morgan fingerprint density at radius 2 is 1.41 bits per heavy atom. The molecule has 0 bridgehead atoms. The van der Waals surface area contributed by atoms with Gasteiger partial charge in [0.2, 0.25) is 0 Å². The molecule has 0 aliphatic rings. The zero-order chi connectivity index (χ0) is 20.5. The van der Waals surface area contributed by atoms with Crippen molar-refractivity contribution in [2.24, 2.45) is 0 Å². The van der Waals surface area contributed by atoms with E-state index in [1.807, 2.05) is 60.7 Å². The van der Waals surface area contributed by atoms with Gasteiger partial charge >= 0.3 is 12.1 Å². The second-order valence-electron chi connectivity index (χ2n) is 6.33. The molecule has 3 aromatic rings. The number of hydrogen-bond donors (Lipinski definition) is 2. The molecule has 2 N–H and O–H groups in total. The van der Waals surface area contributed by atoms with Gasteiger partial charge in [0.05, 0.1) is 0 Å². The summed E-state index contributed by atoms with van der Waals surface area (Å²) in [5.74, 6) is -0.826. The molecule has 148 valence electrons. The highest BCUT2D eigenvalue weighted by Crippen LogP contribution is 2.22. The fourth-order valence-electron chi connectivity index (χ4n) is 2.66. The molecule has 0 spiro atoms. The topological polar surface area (TPSA) is 84.9 Å². The maximum Gasteiger partial charge on any atom is 0.407 e. The molecule has 0 aromatic heterocycles. The fraction of sp³-hybridized carbons (Fsp3) is 0.130. The molecule has 0 radical (unpaired) electrons. The van der Waals surface area contributed by atoms with Crippen LogP contribution in [0.2, 0.25) is 0 Å². The molecule has 0 fully saturated rings. The molecule has 0 saturated heterocycles. The van der Waals surface area contributed by atoms with Gasteiger partial charge < -0.3 is 19.9 Å². The predicted molar refractivity (Wildman–Crippen MR) is 108 cm³/mol. The average molecular weight is 391 g/mol. The van der Waals surface area contributed by atoms with E-state index in [0.29, 0.717) is 5.56 Å². The van der Waals surface area contributed by atoms with Crippen molar-refractivity contribution in [1.29, 1.82) is 0 Å². The van der Waals surface area contributed by atoms with Crippen LogP contribution in [-0.4, -0.2) is 17.2 Å². The van der Waals surface area contributed by atoms with Crippen molar-refractivity contribution in [2.45, 2.75) is 19.8 Å². The van der Waals surface area contributed by atoms with Crippen LogP contribution < -0.4 is 10.1 Å². The summed E-state index contributed by atoms with van der Waals surface area (Å²) in [4.78, 5) is 23.4. The third-order valence-electron chi connectivity index (χ3n) is 4.16. The second-order valence-corrected chi connectivity index (χ2v) is 6.33. The minimum Gasteiger partial charge on any atom is -0.488 e. The minimum absolute atomic E-state index is 0.0661. The normalized spacial score (nSPS) is 10.2. The van der Waals surface area contributed by atoms with Gasteiger partial charge in [-0.1, -0.05) is 66.7 Å². The number of rotatable bonds is 8. The van der Waals surface area contributed by atoms with Gasteiger partial charge in [0.15, 0.2) is 0 Å². The number of nitrogens with one attached hydrogen (secondary N) is 1. The van der Waals surface area contributed by atoms with E-state index in [4.69, 9.17) is 9.47 Å². The van der Waals surface area contributed by atoms with Crippen LogP contribution in [-0.2, 0) is 24.5 Å². The first-order chi connectivity index (χ1) is 14.1. The van der Waals surface area contributed by atoms with E-state index < -0.39 is 12.1 Å². The average Bonchev–Trinajstić information content (AvgIpc) is 2.76. The Balaban J connectivity index is 1.58. The molecule has 0 aliphatic heterocycles. The van der Waals surface area contributed by atoms with Crippen molar-refractivity contribution in [1.82, 2.24) is 5.32 Å². The Hall–Kier alpha value is -3.80. The van der Waals surface area contributed by atoms with Crippen LogP contribution in [0.1, 0.15) is 27.0 Å². The van der Waals surface area contributed by atoms with Gasteiger partial charge in [-0.15, -0.1) is 0 Å². The van der Waals surface area contributed by atoms with Gasteiger partial charge in [-0.2, -0.15) is 0 Å². The minimum atomic E-state index is -1.07. The van der Waals surface area contributed by atoms with Gasteiger partial charge in [0.25, 0.3) is 0 Å². The number of carbonyl (C=O) groups excluding carboxylic acids is 1. The highest BCUT2D eigenvalue weighted by atomic mass is 16.5. The molecule has 6 heteroatoms. The van der Waals surface area contributed by atoms with E-state index in [1.165, 1.54) is 6.07 Å². The molecular formula is C23H21NO5. The molecule has 0 aliphatic carbocycles. The number of carboxylic acids is 1. The van der Waals surface area contributed by atoms with Crippen molar-refractivity contribution in [3.8, 4) is 5.75 Å². The van der Waals surface area contributed by atoms with E-state index in [-0.39, 0.29) is 31.1 Å². The van der Waals surface area contributed by atoms with Crippen molar-refractivity contribution < 1.29 is 24.2 Å². The molecule has 0 heterocycles. The predicted octanol–water partition coefficient (Wildman–Crippen LogP) is 4.39. The van der Waals surface area contributed by atoms with Gasteiger partial charge in [-0.05, 0) is 28.8 Å². The van der Waals surface area contributed by atoms with E-state index >= 15 is 0 Å². The van der Waals surface area contributed by atoms with Crippen LogP contribution in [0.25, 0.3) is 0 Å². The third-order valence-corrected chi connectivity index (χ3v) is 4.16. The first-order valence-electron chi connectivity index (χ1n) is 9.09. The van der Waals surface area contributed by atoms with Crippen LogP contribution in [0.4, 0.5) is 4.79 Å². The van der Waals surface area contributed by atoms with E-state index in [9.17, 15) is 14.7 Å². The van der Waals surface area contributed by atoms with Gasteiger partial charge in [-0.25, -0.2) is 9.59 Å². The molecule has 3 aromatic carbocycles.